The van der Waals surface area contributed by atoms with Gasteiger partial charge in [-0.1, -0.05) is 42.5 Å². The first-order valence-corrected chi connectivity index (χ1v) is 15.0. The Morgan fingerprint density at radius 3 is 2.67 bits per heavy atom. The van der Waals surface area contributed by atoms with Gasteiger partial charge in [0, 0.05) is 18.6 Å². The van der Waals surface area contributed by atoms with E-state index in [1.165, 1.54) is 5.56 Å². The number of thioether (sulfide) groups is 1. The van der Waals surface area contributed by atoms with E-state index in [2.05, 4.69) is 17.4 Å². The van der Waals surface area contributed by atoms with Crippen LogP contribution in [0.4, 0.5) is 0 Å². The molecule has 40 heavy (non-hydrogen) atoms. The summed E-state index contributed by atoms with van der Waals surface area (Å²) in [7, 11) is 0. The average molecular weight is 564 g/mol. The Balaban J connectivity index is 1.60. The number of ether oxygens (including phenoxy) is 3. The van der Waals surface area contributed by atoms with Crippen molar-refractivity contribution >= 4 is 23.6 Å². The summed E-state index contributed by atoms with van der Waals surface area (Å²) in [6, 6.07) is 18.7. The Kier molecular flexibility index (Phi) is 10.6. The molecule has 0 unspecified atom stereocenters. The first-order valence-electron chi connectivity index (χ1n) is 13.6. The molecular formula is C32H37NO6S. The van der Waals surface area contributed by atoms with Crippen molar-refractivity contribution in [3.8, 4) is 16.9 Å². The monoisotopic (exact) mass is 563 g/mol. The summed E-state index contributed by atoms with van der Waals surface area (Å²) in [6.45, 7) is 5.94. The highest BCUT2D eigenvalue weighted by atomic mass is 32.2. The molecule has 0 spiro atoms. The minimum atomic E-state index is -1.04. The number of hydrogen-bond donors (Lipinski definition) is 2. The Morgan fingerprint density at radius 1 is 1.10 bits per heavy atom. The van der Waals surface area contributed by atoms with E-state index in [-0.39, 0.29) is 6.10 Å². The van der Waals surface area contributed by atoms with Crippen LogP contribution < -0.4 is 10.1 Å². The van der Waals surface area contributed by atoms with Crippen LogP contribution in [0.2, 0.25) is 0 Å². The second-order valence-electron chi connectivity index (χ2n) is 9.77. The van der Waals surface area contributed by atoms with Gasteiger partial charge in [-0.05, 0) is 83.9 Å². The first kappa shape index (κ1) is 29.6. The van der Waals surface area contributed by atoms with Gasteiger partial charge in [-0.2, -0.15) is 11.8 Å². The van der Waals surface area contributed by atoms with E-state index in [1.54, 1.807) is 17.8 Å². The number of carbonyl (C=O) groups excluding carboxylic acids is 1. The number of hydrogen-bond acceptors (Lipinski definition) is 6. The summed E-state index contributed by atoms with van der Waals surface area (Å²) >= 11 is 1.55. The van der Waals surface area contributed by atoms with Crippen LogP contribution in [0.15, 0.2) is 60.7 Å². The predicted molar refractivity (Wildman–Crippen MR) is 158 cm³/mol. The number of rotatable bonds is 14. The molecule has 0 radical (unpaired) electrons. The van der Waals surface area contributed by atoms with E-state index in [0.717, 1.165) is 40.0 Å². The van der Waals surface area contributed by atoms with Gasteiger partial charge in [-0.25, -0.2) is 4.79 Å². The SMILES string of the molecule is CCOC[C@@H](OCc1ccc(C(=O)N[C@@H](CCSC)C(=O)O)c(-c2ccccc2C)c1)c1ccc2c(c1)OCC2. The van der Waals surface area contributed by atoms with E-state index in [0.29, 0.717) is 44.2 Å². The highest BCUT2D eigenvalue weighted by Crippen LogP contribution is 2.32. The van der Waals surface area contributed by atoms with E-state index in [1.807, 2.05) is 62.6 Å². The molecule has 3 aromatic carbocycles. The van der Waals surface area contributed by atoms with Crippen LogP contribution in [-0.2, 0) is 27.3 Å². The fraction of sp³-hybridized carbons (Fsp3) is 0.375. The molecule has 4 rings (SSSR count). The number of carboxylic acid groups (broad SMARTS) is 1. The van der Waals surface area contributed by atoms with Gasteiger partial charge in [0.05, 0.1) is 19.8 Å². The molecule has 1 aliphatic heterocycles. The maximum atomic E-state index is 13.4. The summed E-state index contributed by atoms with van der Waals surface area (Å²) in [4.78, 5) is 25.1. The van der Waals surface area contributed by atoms with Crippen molar-refractivity contribution in [1.29, 1.82) is 0 Å². The molecule has 0 saturated carbocycles. The largest absolute Gasteiger partial charge is 0.493 e. The van der Waals surface area contributed by atoms with Gasteiger partial charge in [0.15, 0.2) is 0 Å². The third-order valence-corrected chi connectivity index (χ3v) is 7.64. The molecule has 2 atom stereocenters. The number of benzene rings is 3. The second kappa shape index (κ2) is 14.3. The summed E-state index contributed by atoms with van der Waals surface area (Å²) in [5, 5.41) is 12.4. The van der Waals surface area contributed by atoms with Crippen LogP contribution in [-0.4, -0.2) is 54.9 Å². The van der Waals surface area contributed by atoms with E-state index in [4.69, 9.17) is 14.2 Å². The topological polar surface area (TPSA) is 94.1 Å². The van der Waals surface area contributed by atoms with E-state index in [9.17, 15) is 14.7 Å². The number of aryl methyl sites for hydroxylation is 1. The normalized spacial score (nSPS) is 13.8. The zero-order chi connectivity index (χ0) is 28.5. The molecule has 2 N–H and O–H groups in total. The van der Waals surface area contributed by atoms with Gasteiger partial charge in [-0.15, -0.1) is 0 Å². The van der Waals surface area contributed by atoms with Crippen molar-refractivity contribution in [2.75, 3.05) is 31.8 Å². The maximum Gasteiger partial charge on any atom is 0.326 e. The molecule has 0 aliphatic carbocycles. The molecule has 0 fully saturated rings. The molecule has 0 aromatic heterocycles. The fourth-order valence-corrected chi connectivity index (χ4v) is 5.22. The molecule has 7 nitrogen and oxygen atoms in total. The van der Waals surface area contributed by atoms with Gasteiger partial charge >= 0.3 is 5.97 Å². The van der Waals surface area contributed by atoms with E-state index < -0.39 is 17.9 Å². The van der Waals surface area contributed by atoms with Gasteiger partial charge in [0.2, 0.25) is 0 Å². The van der Waals surface area contributed by atoms with Crippen molar-refractivity contribution < 1.29 is 28.9 Å². The number of aliphatic carboxylic acids is 1. The van der Waals surface area contributed by atoms with Crippen molar-refractivity contribution in [3.05, 3.63) is 88.5 Å². The Morgan fingerprint density at radius 2 is 1.93 bits per heavy atom. The third kappa shape index (κ3) is 7.44. The number of carbonyl (C=O) groups is 2. The molecule has 8 heteroatoms. The van der Waals surface area contributed by atoms with E-state index >= 15 is 0 Å². The zero-order valence-electron chi connectivity index (χ0n) is 23.3. The number of fused-ring (bicyclic) bond motifs is 1. The molecule has 0 saturated heterocycles. The highest BCUT2D eigenvalue weighted by Gasteiger charge is 2.23. The summed E-state index contributed by atoms with van der Waals surface area (Å²) in [5.74, 6) is 0.0861. The quantitative estimate of drug-likeness (QED) is 0.255. The number of carboxylic acids is 1. The van der Waals surface area contributed by atoms with Crippen LogP contribution >= 0.6 is 11.8 Å². The summed E-state index contributed by atoms with van der Waals surface area (Å²) < 4.78 is 17.9. The molecule has 212 valence electrons. The standard InChI is InChI=1S/C32H37NO6S/c1-4-37-20-30(24-11-10-23-13-15-38-29(23)18-24)39-19-22-9-12-26(27(17-22)25-8-6-5-7-21(25)2)31(34)33-28(32(35)36)14-16-40-3/h5-12,17-18,28,30H,4,13-16,19-20H2,1-3H3,(H,33,34)(H,35,36)/t28-,30+/m0/s1. The van der Waals surface area contributed by atoms with Crippen molar-refractivity contribution in [3.63, 3.8) is 0 Å². The molecule has 1 amide bonds. The molecular weight excluding hydrogens is 526 g/mol. The fourth-order valence-electron chi connectivity index (χ4n) is 4.75. The van der Waals surface area contributed by atoms with Crippen LogP contribution in [0.5, 0.6) is 5.75 Å². The molecule has 1 heterocycles. The lowest BCUT2D eigenvalue weighted by atomic mass is 9.93. The van der Waals surface area contributed by atoms with Gasteiger partial charge in [0.1, 0.15) is 17.9 Å². The first-order chi connectivity index (χ1) is 19.4. The lowest BCUT2D eigenvalue weighted by molar-refractivity contribution is -0.139. The van der Waals surface area contributed by atoms with Gasteiger partial charge in [-0.3, -0.25) is 4.79 Å². The van der Waals surface area contributed by atoms with Crippen molar-refractivity contribution in [2.24, 2.45) is 0 Å². The van der Waals surface area contributed by atoms with Crippen LogP contribution in [0, 0.1) is 6.92 Å². The Labute approximate surface area is 240 Å². The lowest BCUT2D eigenvalue weighted by Crippen LogP contribution is -2.41. The van der Waals surface area contributed by atoms with Crippen LogP contribution in [0.3, 0.4) is 0 Å². The van der Waals surface area contributed by atoms with Crippen LogP contribution in [0.1, 0.15) is 52.1 Å². The average Bonchev–Trinajstić information content (AvgIpc) is 3.43. The summed E-state index contributed by atoms with van der Waals surface area (Å²) in [5.41, 5.74) is 6.17. The zero-order valence-corrected chi connectivity index (χ0v) is 24.1. The van der Waals surface area contributed by atoms with Gasteiger partial charge in [0.25, 0.3) is 5.91 Å². The number of amides is 1. The highest BCUT2D eigenvalue weighted by molar-refractivity contribution is 7.98. The van der Waals surface area contributed by atoms with Crippen molar-refractivity contribution in [1.82, 2.24) is 5.32 Å². The minimum Gasteiger partial charge on any atom is -0.493 e. The predicted octanol–water partition coefficient (Wildman–Crippen LogP) is 5.83. The van der Waals surface area contributed by atoms with Crippen LogP contribution in [0.25, 0.3) is 11.1 Å². The van der Waals surface area contributed by atoms with Crippen molar-refractivity contribution in [2.45, 2.75) is 45.4 Å². The smallest absolute Gasteiger partial charge is 0.326 e. The number of nitrogens with one attached hydrogen (secondary N) is 1. The Bertz CT molecular complexity index is 1330. The maximum absolute atomic E-state index is 13.4. The Hall–Kier alpha value is -3.33. The summed E-state index contributed by atoms with van der Waals surface area (Å²) in [6.07, 6.45) is 2.89. The molecule has 1 aliphatic rings. The second-order valence-corrected chi connectivity index (χ2v) is 10.8. The van der Waals surface area contributed by atoms with Gasteiger partial charge < -0.3 is 24.6 Å². The lowest BCUT2D eigenvalue weighted by Gasteiger charge is -2.20. The third-order valence-electron chi connectivity index (χ3n) is 6.99. The molecule has 3 aromatic rings. The minimum absolute atomic E-state index is 0.285. The molecule has 0 bridgehead atoms.